The molecule has 1 heteroatoms. The average molecular weight is 193 g/mol. The summed E-state index contributed by atoms with van der Waals surface area (Å²) in [6.07, 6.45) is 5.26. The molecule has 3 atom stereocenters. The maximum atomic E-state index is 5.60. The third-order valence-corrected chi connectivity index (χ3v) is 4.85. The number of fused-ring (bicyclic) bond motifs is 2. The van der Waals surface area contributed by atoms with Gasteiger partial charge in [0.1, 0.15) is 0 Å². The van der Waals surface area contributed by atoms with Crippen LogP contribution in [0.15, 0.2) is 12.2 Å². The van der Waals surface area contributed by atoms with Crippen molar-refractivity contribution in [2.45, 2.75) is 39.5 Å². The molecule has 0 saturated heterocycles. The molecule has 80 valence electrons. The van der Waals surface area contributed by atoms with E-state index in [-0.39, 0.29) is 0 Å². The van der Waals surface area contributed by atoms with Gasteiger partial charge in [0.05, 0.1) is 0 Å². The van der Waals surface area contributed by atoms with Gasteiger partial charge in [-0.2, -0.15) is 0 Å². The predicted octanol–water partition coefficient (Wildman–Crippen LogP) is 2.96. The van der Waals surface area contributed by atoms with Crippen LogP contribution in [-0.2, 0) is 0 Å². The molecule has 14 heavy (non-hydrogen) atoms. The summed E-state index contributed by atoms with van der Waals surface area (Å²) in [4.78, 5) is 0. The largest absolute Gasteiger partial charge is 0.330 e. The van der Waals surface area contributed by atoms with Crippen LogP contribution in [0.1, 0.15) is 39.5 Å². The van der Waals surface area contributed by atoms with Gasteiger partial charge in [-0.15, -0.1) is 0 Å². The molecule has 3 aliphatic rings. The lowest BCUT2D eigenvalue weighted by Gasteiger charge is -2.60. The SMILES string of the molecule is C=C(CCN)C1CCC2CC1C2(C)C. The normalized spacial score (nSPS) is 38.9. The van der Waals surface area contributed by atoms with E-state index in [4.69, 9.17) is 5.73 Å². The van der Waals surface area contributed by atoms with Gasteiger partial charge in [-0.25, -0.2) is 0 Å². The molecule has 0 aromatic heterocycles. The molecule has 3 rings (SSSR count). The molecule has 3 fully saturated rings. The fourth-order valence-corrected chi connectivity index (χ4v) is 3.67. The van der Waals surface area contributed by atoms with E-state index in [0.29, 0.717) is 5.41 Å². The van der Waals surface area contributed by atoms with E-state index in [1.165, 1.54) is 24.8 Å². The highest BCUT2D eigenvalue weighted by atomic mass is 14.6. The van der Waals surface area contributed by atoms with Crippen molar-refractivity contribution in [3.63, 3.8) is 0 Å². The van der Waals surface area contributed by atoms with Crippen LogP contribution in [0.3, 0.4) is 0 Å². The van der Waals surface area contributed by atoms with Gasteiger partial charge in [0, 0.05) is 0 Å². The minimum atomic E-state index is 0.584. The van der Waals surface area contributed by atoms with Crippen LogP contribution >= 0.6 is 0 Å². The van der Waals surface area contributed by atoms with E-state index in [9.17, 15) is 0 Å². The van der Waals surface area contributed by atoms with Crippen molar-refractivity contribution in [1.29, 1.82) is 0 Å². The van der Waals surface area contributed by atoms with Crippen LogP contribution in [0.4, 0.5) is 0 Å². The fourth-order valence-electron chi connectivity index (χ4n) is 3.67. The minimum Gasteiger partial charge on any atom is -0.330 e. The molecule has 0 spiro atoms. The van der Waals surface area contributed by atoms with E-state index in [0.717, 1.165) is 30.7 Å². The van der Waals surface area contributed by atoms with Gasteiger partial charge in [0.2, 0.25) is 0 Å². The van der Waals surface area contributed by atoms with E-state index >= 15 is 0 Å². The summed E-state index contributed by atoms with van der Waals surface area (Å²) in [5, 5.41) is 0. The summed E-state index contributed by atoms with van der Waals surface area (Å²) in [5.41, 5.74) is 7.61. The molecule has 0 aromatic rings. The predicted molar refractivity (Wildman–Crippen MR) is 60.9 cm³/mol. The summed E-state index contributed by atoms with van der Waals surface area (Å²) in [6, 6.07) is 0. The molecular weight excluding hydrogens is 170 g/mol. The zero-order chi connectivity index (χ0) is 10.3. The number of hydrogen-bond donors (Lipinski definition) is 1. The highest BCUT2D eigenvalue weighted by Gasteiger charge is 2.54. The molecule has 2 bridgehead atoms. The fraction of sp³-hybridized carbons (Fsp3) is 0.846. The zero-order valence-corrected chi connectivity index (χ0v) is 9.55. The molecule has 1 nitrogen and oxygen atoms in total. The molecule has 0 aromatic carbocycles. The van der Waals surface area contributed by atoms with Crippen molar-refractivity contribution in [2.24, 2.45) is 28.9 Å². The van der Waals surface area contributed by atoms with Crippen molar-refractivity contribution < 1.29 is 0 Å². The Hall–Kier alpha value is -0.300. The molecule has 3 aliphatic carbocycles. The molecule has 3 unspecified atom stereocenters. The monoisotopic (exact) mass is 193 g/mol. The zero-order valence-electron chi connectivity index (χ0n) is 9.55. The van der Waals surface area contributed by atoms with Gasteiger partial charge in [0.15, 0.2) is 0 Å². The first-order chi connectivity index (χ1) is 6.57. The van der Waals surface area contributed by atoms with E-state index in [1.54, 1.807) is 0 Å². The van der Waals surface area contributed by atoms with Crippen molar-refractivity contribution in [3.8, 4) is 0 Å². The summed E-state index contributed by atoms with van der Waals surface area (Å²) >= 11 is 0. The second-order valence-corrected chi connectivity index (χ2v) is 5.74. The van der Waals surface area contributed by atoms with Gasteiger partial charge in [0.25, 0.3) is 0 Å². The van der Waals surface area contributed by atoms with Crippen LogP contribution in [0, 0.1) is 23.2 Å². The first kappa shape index (κ1) is 10.2. The standard InChI is InChI=1S/C13H23N/c1-9(6-7-14)11-5-4-10-8-12(11)13(10,2)3/h10-12H,1,4-8,14H2,2-3H3. The van der Waals surface area contributed by atoms with Gasteiger partial charge in [-0.1, -0.05) is 26.0 Å². The summed E-state index contributed by atoms with van der Waals surface area (Å²) in [7, 11) is 0. The molecule has 0 heterocycles. The van der Waals surface area contributed by atoms with Crippen molar-refractivity contribution in [3.05, 3.63) is 12.2 Å². The molecule has 0 aliphatic heterocycles. The first-order valence-electron chi connectivity index (χ1n) is 5.95. The van der Waals surface area contributed by atoms with Gasteiger partial charge in [-0.3, -0.25) is 0 Å². The topological polar surface area (TPSA) is 26.0 Å². The Morgan fingerprint density at radius 3 is 2.64 bits per heavy atom. The van der Waals surface area contributed by atoms with Crippen LogP contribution in [0.25, 0.3) is 0 Å². The molecule has 0 radical (unpaired) electrons. The maximum Gasteiger partial charge on any atom is -0.00399 e. The van der Waals surface area contributed by atoms with Crippen LogP contribution < -0.4 is 5.73 Å². The van der Waals surface area contributed by atoms with Gasteiger partial charge < -0.3 is 5.73 Å². The maximum absolute atomic E-state index is 5.60. The lowest BCUT2D eigenvalue weighted by Crippen LogP contribution is -2.52. The first-order valence-corrected chi connectivity index (χ1v) is 5.95. The van der Waals surface area contributed by atoms with E-state index in [1.807, 2.05) is 0 Å². The summed E-state index contributed by atoms with van der Waals surface area (Å²) in [6.45, 7) is 9.87. The third-order valence-electron chi connectivity index (χ3n) is 4.85. The van der Waals surface area contributed by atoms with Crippen LogP contribution in [-0.4, -0.2) is 6.54 Å². The second kappa shape index (κ2) is 3.37. The van der Waals surface area contributed by atoms with Crippen LogP contribution in [0.5, 0.6) is 0 Å². The molecule has 3 saturated carbocycles. The van der Waals surface area contributed by atoms with Crippen LogP contribution in [0.2, 0.25) is 0 Å². The number of hydrogen-bond acceptors (Lipinski definition) is 1. The van der Waals surface area contributed by atoms with E-state index in [2.05, 4.69) is 20.4 Å². The summed E-state index contributed by atoms with van der Waals surface area (Å²) in [5.74, 6) is 2.67. The lowest BCUT2D eigenvalue weighted by molar-refractivity contribution is -0.0940. The molecule has 2 N–H and O–H groups in total. The second-order valence-electron chi connectivity index (χ2n) is 5.74. The average Bonchev–Trinajstić information content (AvgIpc) is 2.18. The third kappa shape index (κ3) is 1.33. The van der Waals surface area contributed by atoms with Gasteiger partial charge in [-0.05, 0) is 55.4 Å². The Balaban J connectivity index is 2.04. The Bertz CT molecular complexity index is 240. The Kier molecular flexibility index (Phi) is 2.46. The smallest absolute Gasteiger partial charge is 0.00399 e. The molecular formula is C13H23N. The highest BCUT2D eigenvalue weighted by Crippen LogP contribution is 2.62. The Labute approximate surface area is 87.8 Å². The number of rotatable bonds is 3. The van der Waals surface area contributed by atoms with E-state index < -0.39 is 0 Å². The van der Waals surface area contributed by atoms with Gasteiger partial charge >= 0.3 is 0 Å². The molecule has 0 amide bonds. The van der Waals surface area contributed by atoms with Crippen molar-refractivity contribution >= 4 is 0 Å². The van der Waals surface area contributed by atoms with Crippen molar-refractivity contribution in [1.82, 2.24) is 0 Å². The Morgan fingerprint density at radius 2 is 2.14 bits per heavy atom. The highest BCUT2D eigenvalue weighted by molar-refractivity contribution is 5.14. The van der Waals surface area contributed by atoms with Crippen molar-refractivity contribution in [2.75, 3.05) is 6.54 Å². The number of nitrogens with two attached hydrogens (primary N) is 1. The quantitative estimate of drug-likeness (QED) is 0.685. The minimum absolute atomic E-state index is 0.584. The Morgan fingerprint density at radius 1 is 1.43 bits per heavy atom. The summed E-state index contributed by atoms with van der Waals surface area (Å²) < 4.78 is 0. The lowest BCUT2D eigenvalue weighted by atomic mass is 9.44.